The lowest BCUT2D eigenvalue weighted by molar-refractivity contribution is 0.142. The highest BCUT2D eigenvalue weighted by molar-refractivity contribution is 4.80. The summed E-state index contributed by atoms with van der Waals surface area (Å²) in [5.41, 5.74) is 0. The summed E-state index contributed by atoms with van der Waals surface area (Å²) < 4.78 is 5.50. The van der Waals surface area contributed by atoms with Crippen LogP contribution in [0.15, 0.2) is 0 Å². The third-order valence-electron chi connectivity index (χ3n) is 4.19. The molecule has 0 saturated carbocycles. The summed E-state index contributed by atoms with van der Waals surface area (Å²) in [6, 6.07) is 1.41. The maximum atomic E-state index is 5.50. The second-order valence-corrected chi connectivity index (χ2v) is 5.89. The van der Waals surface area contributed by atoms with Crippen LogP contribution in [0.2, 0.25) is 0 Å². The number of rotatable bonds is 4. The van der Waals surface area contributed by atoms with Crippen molar-refractivity contribution in [2.75, 3.05) is 32.8 Å². The van der Waals surface area contributed by atoms with Gasteiger partial charge in [-0.2, -0.15) is 0 Å². The molecule has 0 bridgehead atoms. The van der Waals surface area contributed by atoms with Gasteiger partial charge < -0.3 is 15.0 Å². The third kappa shape index (κ3) is 4.23. The number of nitrogens with one attached hydrogen (secondary N) is 1. The molecule has 3 heteroatoms. The second-order valence-electron chi connectivity index (χ2n) is 5.89. The minimum atomic E-state index is 0.700. The first-order chi connectivity index (χ1) is 8.25. The highest BCUT2D eigenvalue weighted by atomic mass is 16.5. The highest BCUT2D eigenvalue weighted by Crippen LogP contribution is 2.18. The molecule has 0 radical (unpaired) electrons. The Hall–Kier alpha value is -0.120. The smallest absolute Gasteiger partial charge is 0.0480 e. The van der Waals surface area contributed by atoms with Gasteiger partial charge in [-0.25, -0.2) is 0 Å². The molecule has 0 aromatic heterocycles. The fourth-order valence-electron chi connectivity index (χ4n) is 2.94. The van der Waals surface area contributed by atoms with Crippen molar-refractivity contribution in [3.05, 3.63) is 0 Å². The lowest BCUT2D eigenvalue weighted by Gasteiger charge is -2.21. The van der Waals surface area contributed by atoms with Crippen molar-refractivity contribution in [2.45, 2.75) is 51.6 Å². The highest BCUT2D eigenvalue weighted by Gasteiger charge is 2.24. The molecule has 2 heterocycles. The molecule has 2 atom stereocenters. The van der Waals surface area contributed by atoms with Gasteiger partial charge in [-0.05, 0) is 58.5 Å². The van der Waals surface area contributed by atoms with Gasteiger partial charge in [0, 0.05) is 31.8 Å². The van der Waals surface area contributed by atoms with E-state index in [-0.39, 0.29) is 0 Å². The van der Waals surface area contributed by atoms with Crippen LogP contribution in [0.5, 0.6) is 0 Å². The molecule has 2 fully saturated rings. The van der Waals surface area contributed by atoms with Crippen molar-refractivity contribution < 1.29 is 4.74 Å². The maximum Gasteiger partial charge on any atom is 0.0480 e. The minimum absolute atomic E-state index is 0.700. The first-order valence-corrected chi connectivity index (χ1v) is 7.31. The van der Waals surface area contributed by atoms with Crippen molar-refractivity contribution in [1.29, 1.82) is 0 Å². The van der Waals surface area contributed by atoms with E-state index in [9.17, 15) is 0 Å². The first kappa shape index (κ1) is 13.3. The molecule has 0 aromatic rings. The van der Waals surface area contributed by atoms with Crippen LogP contribution in [-0.4, -0.2) is 49.8 Å². The zero-order valence-corrected chi connectivity index (χ0v) is 11.5. The zero-order valence-electron chi connectivity index (χ0n) is 11.5. The summed E-state index contributed by atoms with van der Waals surface area (Å²) in [6.45, 7) is 10.3. The van der Waals surface area contributed by atoms with E-state index < -0.39 is 0 Å². The molecule has 0 aromatic carbocycles. The quantitative estimate of drug-likeness (QED) is 0.812. The minimum Gasteiger partial charge on any atom is -0.381 e. The van der Waals surface area contributed by atoms with E-state index in [0.29, 0.717) is 12.1 Å². The van der Waals surface area contributed by atoms with Gasteiger partial charge >= 0.3 is 0 Å². The molecule has 2 saturated heterocycles. The Morgan fingerprint density at radius 2 is 2.12 bits per heavy atom. The second kappa shape index (κ2) is 6.72. The normalized spacial score (nSPS) is 31.9. The summed E-state index contributed by atoms with van der Waals surface area (Å²) in [7, 11) is 0. The summed E-state index contributed by atoms with van der Waals surface area (Å²) >= 11 is 0. The standard InChI is InChI=1S/C14H28N2O/c1-12(2)16-7-5-13(11-16)10-15-14-4-3-8-17-9-6-14/h12-15H,3-11H2,1-2H3. The van der Waals surface area contributed by atoms with Crippen molar-refractivity contribution in [3.63, 3.8) is 0 Å². The monoisotopic (exact) mass is 240 g/mol. The molecule has 1 N–H and O–H groups in total. The van der Waals surface area contributed by atoms with E-state index in [1.807, 2.05) is 0 Å². The molecule has 2 unspecified atom stereocenters. The predicted octanol–water partition coefficient (Wildman–Crippen LogP) is 1.88. The van der Waals surface area contributed by atoms with E-state index in [0.717, 1.165) is 19.1 Å². The van der Waals surface area contributed by atoms with Gasteiger partial charge in [0.15, 0.2) is 0 Å². The molecule has 100 valence electrons. The molecule has 0 spiro atoms. The van der Waals surface area contributed by atoms with Crippen LogP contribution < -0.4 is 5.32 Å². The number of nitrogens with zero attached hydrogens (tertiary/aromatic N) is 1. The number of hydrogen-bond acceptors (Lipinski definition) is 3. The SMILES string of the molecule is CC(C)N1CCC(CNC2CCCOCC2)C1. The van der Waals surface area contributed by atoms with Gasteiger partial charge in [-0.15, -0.1) is 0 Å². The van der Waals surface area contributed by atoms with Crippen LogP contribution in [-0.2, 0) is 4.74 Å². The Kier molecular flexibility index (Phi) is 5.26. The van der Waals surface area contributed by atoms with E-state index in [1.54, 1.807) is 0 Å². The third-order valence-corrected chi connectivity index (χ3v) is 4.19. The molecule has 2 rings (SSSR count). The fourth-order valence-corrected chi connectivity index (χ4v) is 2.94. The Morgan fingerprint density at radius 3 is 2.88 bits per heavy atom. The number of hydrogen-bond donors (Lipinski definition) is 1. The number of ether oxygens (including phenoxy) is 1. The van der Waals surface area contributed by atoms with Gasteiger partial charge in [0.2, 0.25) is 0 Å². The molecule has 17 heavy (non-hydrogen) atoms. The van der Waals surface area contributed by atoms with E-state index in [2.05, 4.69) is 24.1 Å². The van der Waals surface area contributed by atoms with Gasteiger partial charge in [0.05, 0.1) is 0 Å². The molecular weight excluding hydrogens is 212 g/mol. The average Bonchev–Trinajstić information content (AvgIpc) is 2.63. The van der Waals surface area contributed by atoms with Crippen LogP contribution in [0.3, 0.4) is 0 Å². The topological polar surface area (TPSA) is 24.5 Å². The van der Waals surface area contributed by atoms with Gasteiger partial charge in [-0.3, -0.25) is 0 Å². The van der Waals surface area contributed by atoms with Gasteiger partial charge in [-0.1, -0.05) is 0 Å². The van der Waals surface area contributed by atoms with Gasteiger partial charge in [0.1, 0.15) is 0 Å². The molecule has 2 aliphatic rings. The number of likely N-dealkylation sites (tertiary alicyclic amines) is 1. The molecule has 0 amide bonds. The Morgan fingerprint density at radius 1 is 1.24 bits per heavy atom. The first-order valence-electron chi connectivity index (χ1n) is 7.31. The molecule has 2 aliphatic heterocycles. The van der Waals surface area contributed by atoms with Crippen LogP contribution in [0, 0.1) is 5.92 Å². The van der Waals surface area contributed by atoms with Crippen molar-refractivity contribution in [3.8, 4) is 0 Å². The van der Waals surface area contributed by atoms with E-state index >= 15 is 0 Å². The van der Waals surface area contributed by atoms with Crippen LogP contribution >= 0.6 is 0 Å². The maximum absolute atomic E-state index is 5.50. The van der Waals surface area contributed by atoms with Crippen LogP contribution in [0.4, 0.5) is 0 Å². The summed E-state index contributed by atoms with van der Waals surface area (Å²) in [6.07, 6.45) is 5.08. The Bertz CT molecular complexity index is 212. The van der Waals surface area contributed by atoms with Crippen molar-refractivity contribution in [2.24, 2.45) is 5.92 Å². The largest absolute Gasteiger partial charge is 0.381 e. The lowest BCUT2D eigenvalue weighted by atomic mass is 10.1. The fraction of sp³-hybridized carbons (Fsp3) is 1.00. The van der Waals surface area contributed by atoms with Gasteiger partial charge in [0.25, 0.3) is 0 Å². The average molecular weight is 240 g/mol. The Balaban J connectivity index is 1.64. The predicted molar refractivity (Wildman–Crippen MR) is 71.3 cm³/mol. The molecule has 3 nitrogen and oxygen atoms in total. The summed E-state index contributed by atoms with van der Waals surface area (Å²) in [5.74, 6) is 0.863. The van der Waals surface area contributed by atoms with Crippen molar-refractivity contribution in [1.82, 2.24) is 10.2 Å². The molecular formula is C14H28N2O. The zero-order chi connectivity index (χ0) is 12.1. The summed E-state index contributed by atoms with van der Waals surface area (Å²) in [4.78, 5) is 2.60. The van der Waals surface area contributed by atoms with Crippen molar-refractivity contribution >= 4 is 0 Å². The van der Waals surface area contributed by atoms with E-state index in [4.69, 9.17) is 4.74 Å². The van der Waals surface area contributed by atoms with Crippen LogP contribution in [0.25, 0.3) is 0 Å². The Labute approximate surface area is 106 Å². The molecule has 0 aliphatic carbocycles. The lowest BCUT2D eigenvalue weighted by Crippen LogP contribution is -2.35. The summed E-state index contributed by atoms with van der Waals surface area (Å²) in [5, 5.41) is 3.76. The van der Waals surface area contributed by atoms with E-state index in [1.165, 1.54) is 45.3 Å². The van der Waals surface area contributed by atoms with Crippen LogP contribution in [0.1, 0.15) is 39.5 Å².